The van der Waals surface area contributed by atoms with Gasteiger partial charge < -0.3 is 0 Å². The van der Waals surface area contributed by atoms with E-state index < -0.39 is 20.0 Å². The zero-order chi connectivity index (χ0) is 17.3. The lowest BCUT2D eigenvalue weighted by molar-refractivity contribution is 0.588. The molecule has 0 bridgehead atoms. The zero-order valence-electron chi connectivity index (χ0n) is 13.0. The molecule has 8 heteroatoms. The van der Waals surface area contributed by atoms with E-state index in [0.29, 0.717) is 5.69 Å². The smallest absolute Gasteiger partial charge is 0.261 e. The zero-order valence-corrected chi connectivity index (χ0v) is 14.6. The third-order valence-electron chi connectivity index (χ3n) is 3.45. The molecular formula is C15H18N2O4S2. The summed E-state index contributed by atoms with van der Waals surface area (Å²) in [4.78, 5) is -0.227. The molecule has 0 atom stereocenters. The second kappa shape index (κ2) is 6.31. The number of aryl methyl sites for hydroxylation is 2. The molecule has 2 aromatic rings. The van der Waals surface area contributed by atoms with Crippen molar-refractivity contribution in [3.8, 4) is 0 Å². The first-order valence-electron chi connectivity index (χ1n) is 6.79. The van der Waals surface area contributed by atoms with Crippen LogP contribution in [-0.4, -0.2) is 23.9 Å². The van der Waals surface area contributed by atoms with Gasteiger partial charge in [-0.2, -0.15) is 0 Å². The van der Waals surface area contributed by atoms with Crippen LogP contribution >= 0.6 is 0 Å². The Morgan fingerprint density at radius 1 is 0.783 bits per heavy atom. The van der Waals surface area contributed by atoms with Crippen LogP contribution in [0.4, 0.5) is 5.69 Å². The maximum atomic E-state index is 12.4. The minimum absolute atomic E-state index is 0.108. The van der Waals surface area contributed by atoms with E-state index in [1.807, 2.05) is 19.9 Å². The molecule has 0 fully saturated rings. The van der Waals surface area contributed by atoms with Crippen molar-refractivity contribution in [2.24, 2.45) is 0 Å². The fourth-order valence-electron chi connectivity index (χ4n) is 1.95. The van der Waals surface area contributed by atoms with Crippen LogP contribution in [-0.2, 0) is 20.0 Å². The summed E-state index contributed by atoms with van der Waals surface area (Å²) in [6, 6.07) is 10.4. The number of nitrogens with one attached hydrogen (secondary N) is 2. The van der Waals surface area contributed by atoms with Crippen molar-refractivity contribution in [2.75, 3.05) is 11.8 Å². The summed E-state index contributed by atoms with van der Waals surface area (Å²) in [7, 11) is -6.32. The molecule has 0 spiro atoms. The Morgan fingerprint density at radius 3 is 1.96 bits per heavy atom. The topological polar surface area (TPSA) is 92.3 Å². The first kappa shape index (κ1) is 17.5. The highest BCUT2D eigenvalue weighted by Gasteiger charge is 2.18. The van der Waals surface area contributed by atoms with Crippen LogP contribution in [0, 0.1) is 13.8 Å². The van der Waals surface area contributed by atoms with E-state index in [1.54, 1.807) is 12.1 Å². The molecule has 2 aromatic carbocycles. The number of hydrogen-bond donors (Lipinski definition) is 2. The summed E-state index contributed by atoms with van der Waals surface area (Å²) in [5.41, 5.74) is 2.43. The van der Waals surface area contributed by atoms with Crippen molar-refractivity contribution in [2.45, 2.75) is 23.6 Å². The second-order valence-electron chi connectivity index (χ2n) is 5.09. The third kappa shape index (κ3) is 3.90. The highest BCUT2D eigenvalue weighted by molar-refractivity contribution is 7.93. The van der Waals surface area contributed by atoms with E-state index in [4.69, 9.17) is 0 Å². The molecule has 0 heterocycles. The van der Waals surface area contributed by atoms with Crippen LogP contribution in [0.2, 0.25) is 0 Å². The van der Waals surface area contributed by atoms with Gasteiger partial charge in [0, 0.05) is 5.69 Å². The Balaban J connectivity index is 2.40. The molecule has 0 radical (unpaired) electrons. The fourth-order valence-corrected chi connectivity index (χ4v) is 3.89. The maximum absolute atomic E-state index is 12.4. The molecule has 0 saturated carbocycles. The normalized spacial score (nSPS) is 12.1. The predicted octanol–water partition coefficient (Wildman–Crippen LogP) is 2.01. The van der Waals surface area contributed by atoms with Crippen LogP contribution in [0.3, 0.4) is 0 Å². The molecule has 124 valence electrons. The average molecular weight is 354 g/mol. The van der Waals surface area contributed by atoms with E-state index in [0.717, 1.165) is 17.2 Å². The van der Waals surface area contributed by atoms with E-state index >= 15 is 0 Å². The molecule has 0 aromatic heterocycles. The van der Waals surface area contributed by atoms with Gasteiger partial charge in [-0.3, -0.25) is 4.72 Å². The van der Waals surface area contributed by atoms with Crippen LogP contribution in [0.5, 0.6) is 0 Å². The lowest BCUT2D eigenvalue weighted by Crippen LogP contribution is -2.19. The molecule has 0 unspecified atom stereocenters. The van der Waals surface area contributed by atoms with Crippen LogP contribution in [0.15, 0.2) is 52.3 Å². The minimum atomic E-state index is -3.88. The van der Waals surface area contributed by atoms with Gasteiger partial charge in [0.05, 0.1) is 9.79 Å². The molecule has 2 N–H and O–H groups in total. The van der Waals surface area contributed by atoms with Gasteiger partial charge >= 0.3 is 0 Å². The van der Waals surface area contributed by atoms with Crippen molar-refractivity contribution < 1.29 is 16.8 Å². The standard InChI is InChI=1S/C15H18N2O4S2/c1-11-7-8-13(9-12(11)2)17-23(20,21)15-6-4-5-14(10-15)22(18,19)16-3/h4-10,16-17H,1-3H3. The van der Waals surface area contributed by atoms with Crippen molar-refractivity contribution >= 4 is 25.7 Å². The third-order valence-corrected chi connectivity index (χ3v) is 6.24. The highest BCUT2D eigenvalue weighted by Crippen LogP contribution is 2.21. The summed E-state index contributed by atoms with van der Waals surface area (Å²) >= 11 is 0. The molecule has 0 saturated heterocycles. The number of rotatable bonds is 5. The van der Waals surface area contributed by atoms with Crippen molar-refractivity contribution in [1.82, 2.24) is 4.72 Å². The fraction of sp³-hybridized carbons (Fsp3) is 0.200. The van der Waals surface area contributed by atoms with E-state index in [-0.39, 0.29) is 9.79 Å². The molecule has 0 aliphatic rings. The summed E-state index contributed by atoms with van der Waals surface area (Å²) in [6.07, 6.45) is 0. The van der Waals surface area contributed by atoms with Gasteiger partial charge in [0.2, 0.25) is 10.0 Å². The van der Waals surface area contributed by atoms with E-state index in [2.05, 4.69) is 9.44 Å². The molecule has 2 rings (SSSR count). The summed E-state index contributed by atoms with van der Waals surface area (Å²) in [5.74, 6) is 0. The van der Waals surface area contributed by atoms with Crippen LogP contribution in [0.1, 0.15) is 11.1 Å². The monoisotopic (exact) mass is 354 g/mol. The summed E-state index contributed by atoms with van der Waals surface area (Å²) < 4.78 is 53.1. The Bertz CT molecular complexity index is 936. The average Bonchev–Trinajstić information content (AvgIpc) is 2.51. The Morgan fingerprint density at radius 2 is 1.39 bits per heavy atom. The van der Waals surface area contributed by atoms with Crippen LogP contribution < -0.4 is 9.44 Å². The first-order valence-corrected chi connectivity index (χ1v) is 9.76. The molecule has 0 amide bonds. The first-order chi connectivity index (χ1) is 10.7. The van der Waals surface area contributed by atoms with E-state index in [1.165, 1.54) is 25.2 Å². The van der Waals surface area contributed by atoms with Gasteiger partial charge in [-0.15, -0.1) is 0 Å². The molecule has 0 aliphatic carbocycles. The lowest BCUT2D eigenvalue weighted by atomic mass is 10.1. The molecule has 0 aliphatic heterocycles. The predicted molar refractivity (Wildman–Crippen MR) is 89.4 cm³/mol. The van der Waals surface area contributed by atoms with Crippen molar-refractivity contribution in [1.29, 1.82) is 0 Å². The Kier molecular flexibility index (Phi) is 4.79. The lowest BCUT2D eigenvalue weighted by Gasteiger charge is -2.11. The van der Waals surface area contributed by atoms with Gasteiger partial charge in [0.15, 0.2) is 0 Å². The number of hydrogen-bond acceptors (Lipinski definition) is 4. The Labute approximate surface area is 136 Å². The largest absolute Gasteiger partial charge is 0.280 e. The number of sulfonamides is 2. The number of benzene rings is 2. The van der Waals surface area contributed by atoms with Gasteiger partial charge in [-0.1, -0.05) is 12.1 Å². The second-order valence-corrected chi connectivity index (χ2v) is 8.66. The maximum Gasteiger partial charge on any atom is 0.261 e. The molecule has 6 nitrogen and oxygen atoms in total. The van der Waals surface area contributed by atoms with E-state index in [9.17, 15) is 16.8 Å². The summed E-state index contributed by atoms with van der Waals surface area (Å²) in [5, 5.41) is 0. The van der Waals surface area contributed by atoms with Crippen molar-refractivity contribution in [3.05, 3.63) is 53.6 Å². The highest BCUT2D eigenvalue weighted by atomic mass is 32.2. The quantitative estimate of drug-likeness (QED) is 0.859. The van der Waals surface area contributed by atoms with Crippen molar-refractivity contribution in [3.63, 3.8) is 0 Å². The minimum Gasteiger partial charge on any atom is -0.280 e. The number of anilines is 1. The molecular weight excluding hydrogens is 336 g/mol. The Hall–Kier alpha value is -1.90. The summed E-state index contributed by atoms with van der Waals surface area (Å²) in [6.45, 7) is 3.81. The SMILES string of the molecule is CNS(=O)(=O)c1cccc(S(=O)(=O)Nc2ccc(C)c(C)c2)c1. The van der Waals surface area contributed by atoms with Crippen LogP contribution in [0.25, 0.3) is 0 Å². The van der Waals surface area contributed by atoms with Gasteiger partial charge in [0.1, 0.15) is 0 Å². The van der Waals surface area contributed by atoms with Gasteiger partial charge in [0.25, 0.3) is 10.0 Å². The van der Waals surface area contributed by atoms with Gasteiger partial charge in [-0.25, -0.2) is 21.6 Å². The molecule has 23 heavy (non-hydrogen) atoms. The van der Waals surface area contributed by atoms with Gasteiger partial charge in [-0.05, 0) is 62.4 Å².